The Kier molecular flexibility index (Phi) is 2.71. The molecule has 0 bridgehead atoms. The van der Waals surface area contributed by atoms with Gasteiger partial charge in [-0.1, -0.05) is 0 Å². The van der Waals surface area contributed by atoms with Crippen molar-refractivity contribution in [1.29, 1.82) is 0 Å². The summed E-state index contributed by atoms with van der Waals surface area (Å²) in [7, 11) is 1.73. The van der Waals surface area contributed by atoms with Gasteiger partial charge in [0.05, 0.1) is 5.69 Å². The maximum Gasteiger partial charge on any atom is 0.143 e. The summed E-state index contributed by atoms with van der Waals surface area (Å²) >= 11 is 0. The second kappa shape index (κ2) is 3.46. The third kappa shape index (κ3) is 2.81. The van der Waals surface area contributed by atoms with Gasteiger partial charge in [-0.15, -0.1) is 0 Å². The zero-order valence-electron chi connectivity index (χ0n) is 8.29. The van der Waals surface area contributed by atoms with Crippen LogP contribution in [0.5, 0.6) is 0 Å². The molecule has 0 aromatic carbocycles. The summed E-state index contributed by atoms with van der Waals surface area (Å²) in [6, 6.07) is 1.68. The fourth-order valence-corrected chi connectivity index (χ4v) is 1.26. The van der Waals surface area contributed by atoms with Crippen LogP contribution in [0.3, 0.4) is 0 Å². The van der Waals surface area contributed by atoms with Gasteiger partial charge in [-0.2, -0.15) is 5.10 Å². The monoisotopic (exact) mass is 185 g/mol. The molecule has 13 heavy (non-hydrogen) atoms. The molecule has 0 aliphatic heterocycles. The van der Waals surface area contributed by atoms with E-state index in [2.05, 4.69) is 5.10 Å². The topological polar surface area (TPSA) is 43.8 Å². The molecule has 1 aromatic heterocycles. The number of alkyl halides is 1. The van der Waals surface area contributed by atoms with Gasteiger partial charge in [-0.05, 0) is 19.9 Å². The molecule has 0 amide bonds. The van der Waals surface area contributed by atoms with Crippen LogP contribution in [0.4, 0.5) is 4.39 Å². The van der Waals surface area contributed by atoms with E-state index < -0.39 is 11.7 Å². The molecular weight excluding hydrogens is 169 g/mol. The minimum absolute atomic E-state index is 0.312. The third-order valence-electron chi connectivity index (χ3n) is 1.89. The van der Waals surface area contributed by atoms with E-state index in [1.807, 2.05) is 13.8 Å². The van der Waals surface area contributed by atoms with Gasteiger partial charge in [0, 0.05) is 25.2 Å². The van der Waals surface area contributed by atoms with Crippen LogP contribution >= 0.6 is 0 Å². The van der Waals surface area contributed by atoms with Gasteiger partial charge in [-0.3, -0.25) is 4.68 Å². The van der Waals surface area contributed by atoms with Crippen molar-refractivity contribution in [3.63, 3.8) is 0 Å². The number of nitrogens with zero attached hydrogens (tertiary/aromatic N) is 2. The van der Waals surface area contributed by atoms with Crippen molar-refractivity contribution in [2.24, 2.45) is 12.8 Å². The van der Waals surface area contributed by atoms with Crippen LogP contribution in [-0.2, 0) is 7.05 Å². The standard InChI is InChI=1S/C9H16FN3/c1-9(2,11)6-7(10)8-4-5-12-13(8)3/h4-5,7H,6,11H2,1-3H3. The second-order valence-corrected chi connectivity index (χ2v) is 4.04. The molecule has 3 nitrogen and oxygen atoms in total. The molecule has 1 heterocycles. The van der Waals surface area contributed by atoms with Crippen LogP contribution in [0.1, 0.15) is 32.1 Å². The molecule has 1 unspecified atom stereocenters. The zero-order valence-corrected chi connectivity index (χ0v) is 8.29. The van der Waals surface area contributed by atoms with Crippen LogP contribution in [0.2, 0.25) is 0 Å². The third-order valence-corrected chi connectivity index (χ3v) is 1.89. The number of hydrogen-bond acceptors (Lipinski definition) is 2. The predicted molar refractivity (Wildman–Crippen MR) is 49.9 cm³/mol. The average molecular weight is 185 g/mol. The van der Waals surface area contributed by atoms with Gasteiger partial charge < -0.3 is 5.73 Å². The largest absolute Gasteiger partial charge is 0.325 e. The highest BCUT2D eigenvalue weighted by Gasteiger charge is 2.21. The molecule has 1 atom stereocenters. The fourth-order valence-electron chi connectivity index (χ4n) is 1.26. The Bertz CT molecular complexity index is 275. The molecule has 0 saturated carbocycles. The lowest BCUT2D eigenvalue weighted by molar-refractivity contribution is 0.255. The normalized spacial score (nSPS) is 14.5. The summed E-state index contributed by atoms with van der Waals surface area (Å²) in [5.41, 5.74) is 5.82. The van der Waals surface area contributed by atoms with E-state index in [0.29, 0.717) is 12.1 Å². The van der Waals surface area contributed by atoms with Gasteiger partial charge in [0.1, 0.15) is 6.17 Å². The minimum atomic E-state index is -1.03. The SMILES string of the molecule is Cn1nccc1C(F)CC(C)(C)N. The van der Waals surface area contributed by atoms with Crippen molar-refractivity contribution in [3.8, 4) is 0 Å². The zero-order chi connectivity index (χ0) is 10.1. The Morgan fingerprint density at radius 2 is 2.31 bits per heavy atom. The van der Waals surface area contributed by atoms with Gasteiger partial charge in [0.15, 0.2) is 0 Å². The van der Waals surface area contributed by atoms with Crippen molar-refractivity contribution < 1.29 is 4.39 Å². The molecular formula is C9H16FN3. The Balaban J connectivity index is 2.69. The van der Waals surface area contributed by atoms with E-state index in [-0.39, 0.29) is 0 Å². The highest BCUT2D eigenvalue weighted by Crippen LogP contribution is 2.25. The highest BCUT2D eigenvalue weighted by molar-refractivity contribution is 5.05. The average Bonchev–Trinajstić information content (AvgIpc) is 2.30. The number of aryl methyl sites for hydroxylation is 1. The van der Waals surface area contributed by atoms with Crippen LogP contribution in [0.25, 0.3) is 0 Å². The highest BCUT2D eigenvalue weighted by atomic mass is 19.1. The molecule has 0 saturated heterocycles. The first kappa shape index (κ1) is 10.2. The molecule has 74 valence electrons. The number of aromatic nitrogens is 2. The molecule has 0 radical (unpaired) electrons. The minimum Gasteiger partial charge on any atom is -0.325 e. The van der Waals surface area contributed by atoms with Gasteiger partial charge in [0.25, 0.3) is 0 Å². The molecule has 4 heteroatoms. The number of rotatable bonds is 3. The van der Waals surface area contributed by atoms with E-state index >= 15 is 0 Å². The van der Waals surface area contributed by atoms with Crippen LogP contribution in [0.15, 0.2) is 12.3 Å². The van der Waals surface area contributed by atoms with Crippen molar-refractivity contribution in [2.45, 2.75) is 32.0 Å². The lowest BCUT2D eigenvalue weighted by Gasteiger charge is -2.20. The Hall–Kier alpha value is -0.900. The number of halogens is 1. The summed E-state index contributed by atoms with van der Waals surface area (Å²) in [5.74, 6) is 0. The molecule has 0 aliphatic carbocycles. The predicted octanol–water partition coefficient (Wildman–Crippen LogP) is 1.56. The summed E-state index contributed by atoms with van der Waals surface area (Å²) in [6.45, 7) is 3.63. The first-order valence-electron chi connectivity index (χ1n) is 4.31. The van der Waals surface area contributed by atoms with Gasteiger partial charge in [-0.25, -0.2) is 4.39 Å². The Morgan fingerprint density at radius 3 is 2.69 bits per heavy atom. The quantitative estimate of drug-likeness (QED) is 0.776. The van der Waals surface area contributed by atoms with Crippen LogP contribution in [0, 0.1) is 0 Å². The summed E-state index contributed by atoms with van der Waals surface area (Å²) in [6.07, 6.45) is 0.866. The van der Waals surface area contributed by atoms with Crippen LogP contribution < -0.4 is 5.73 Å². The van der Waals surface area contributed by atoms with Crippen molar-refractivity contribution >= 4 is 0 Å². The molecule has 0 fully saturated rings. The lowest BCUT2D eigenvalue weighted by Crippen LogP contribution is -2.33. The van der Waals surface area contributed by atoms with Crippen molar-refractivity contribution in [2.75, 3.05) is 0 Å². The first-order chi connectivity index (χ1) is 5.90. The van der Waals surface area contributed by atoms with Crippen molar-refractivity contribution in [3.05, 3.63) is 18.0 Å². The smallest absolute Gasteiger partial charge is 0.143 e. The van der Waals surface area contributed by atoms with E-state index in [4.69, 9.17) is 5.73 Å². The summed E-state index contributed by atoms with van der Waals surface area (Å²) in [4.78, 5) is 0. The Morgan fingerprint density at radius 1 is 1.69 bits per heavy atom. The molecule has 2 N–H and O–H groups in total. The van der Waals surface area contributed by atoms with E-state index in [9.17, 15) is 4.39 Å². The van der Waals surface area contributed by atoms with E-state index in [1.54, 1.807) is 19.3 Å². The van der Waals surface area contributed by atoms with Gasteiger partial charge in [0.2, 0.25) is 0 Å². The second-order valence-electron chi connectivity index (χ2n) is 4.04. The first-order valence-corrected chi connectivity index (χ1v) is 4.31. The lowest BCUT2D eigenvalue weighted by atomic mass is 9.97. The summed E-state index contributed by atoms with van der Waals surface area (Å²) in [5, 5.41) is 3.90. The maximum atomic E-state index is 13.6. The fraction of sp³-hybridized carbons (Fsp3) is 0.667. The summed E-state index contributed by atoms with van der Waals surface area (Å²) < 4.78 is 15.1. The number of nitrogens with two attached hydrogens (primary N) is 1. The molecule has 0 spiro atoms. The molecule has 0 aliphatic rings. The van der Waals surface area contributed by atoms with Gasteiger partial charge >= 0.3 is 0 Å². The van der Waals surface area contributed by atoms with E-state index in [1.165, 1.54) is 4.68 Å². The Labute approximate surface area is 77.7 Å². The number of hydrogen-bond donors (Lipinski definition) is 1. The van der Waals surface area contributed by atoms with E-state index in [0.717, 1.165) is 0 Å². The van der Waals surface area contributed by atoms with Crippen LogP contribution in [-0.4, -0.2) is 15.3 Å². The molecule has 1 rings (SSSR count). The van der Waals surface area contributed by atoms with Crippen molar-refractivity contribution in [1.82, 2.24) is 9.78 Å². The molecule has 1 aromatic rings. The maximum absolute atomic E-state index is 13.6.